The quantitative estimate of drug-likeness (QED) is 0.232. The highest BCUT2D eigenvalue weighted by Gasteiger charge is 2.35. The molecule has 1 atom stereocenters. The minimum atomic E-state index is -4.38. The first-order valence-corrected chi connectivity index (χ1v) is 15.2. The van der Waals surface area contributed by atoms with Crippen molar-refractivity contribution in [3.05, 3.63) is 131 Å². The summed E-state index contributed by atoms with van der Waals surface area (Å²) < 4.78 is 43.5. The molecule has 4 aromatic carbocycles. The van der Waals surface area contributed by atoms with Gasteiger partial charge in [0, 0.05) is 24.5 Å². The van der Waals surface area contributed by atoms with Crippen molar-refractivity contribution in [3.8, 4) is 0 Å². The highest BCUT2D eigenvalue weighted by Crippen LogP contribution is 2.27. The summed E-state index contributed by atoms with van der Waals surface area (Å²) in [6, 6.07) is 27.9. The van der Waals surface area contributed by atoms with E-state index in [1.165, 1.54) is 35.2 Å². The van der Waals surface area contributed by atoms with E-state index in [1.54, 1.807) is 49.4 Å². The predicted molar refractivity (Wildman–Crippen MR) is 162 cm³/mol. The molecule has 0 radical (unpaired) electrons. The van der Waals surface area contributed by atoms with Gasteiger partial charge in [-0.3, -0.25) is 13.9 Å². The summed E-state index contributed by atoms with van der Waals surface area (Å²) in [5, 5.41) is 3.18. The monoisotopic (exact) mass is 607 g/mol. The Morgan fingerprint density at radius 3 is 2.10 bits per heavy atom. The van der Waals surface area contributed by atoms with Crippen LogP contribution in [0.1, 0.15) is 18.1 Å². The van der Waals surface area contributed by atoms with Gasteiger partial charge in [0.25, 0.3) is 10.0 Å². The highest BCUT2D eigenvalue weighted by atomic mass is 35.5. The Labute approximate surface area is 250 Å². The second-order valence-corrected chi connectivity index (χ2v) is 11.8. The van der Waals surface area contributed by atoms with E-state index in [9.17, 15) is 18.0 Å². The smallest absolute Gasteiger partial charge is 0.264 e. The van der Waals surface area contributed by atoms with Crippen molar-refractivity contribution in [1.29, 1.82) is 0 Å². The van der Waals surface area contributed by atoms with E-state index in [1.807, 2.05) is 30.3 Å². The summed E-state index contributed by atoms with van der Waals surface area (Å²) >= 11 is 6.46. The van der Waals surface area contributed by atoms with Crippen LogP contribution < -0.4 is 9.62 Å². The van der Waals surface area contributed by atoms with E-state index in [4.69, 9.17) is 11.6 Å². The maximum Gasteiger partial charge on any atom is 0.264 e. The number of hydrogen-bond acceptors (Lipinski definition) is 4. The topological polar surface area (TPSA) is 86.8 Å². The molecule has 4 aromatic rings. The van der Waals surface area contributed by atoms with Gasteiger partial charge in [-0.1, -0.05) is 90.5 Å². The molecule has 0 saturated heterocycles. The average Bonchev–Trinajstić information content (AvgIpc) is 3.00. The van der Waals surface area contributed by atoms with Crippen LogP contribution in [0.2, 0.25) is 5.02 Å². The van der Waals surface area contributed by atoms with Crippen LogP contribution in [0.15, 0.2) is 114 Å². The van der Waals surface area contributed by atoms with Crippen molar-refractivity contribution >= 4 is 39.1 Å². The van der Waals surface area contributed by atoms with Gasteiger partial charge in [0.05, 0.1) is 10.6 Å². The molecule has 0 fully saturated rings. The lowest BCUT2D eigenvalue weighted by molar-refractivity contribution is -0.140. The number of sulfonamides is 1. The standard InChI is InChI=1S/C32H31ClFN3O4S/c1-2-35-32(39)30(21-24-13-5-3-6-14-24)36(22-25-15-9-10-18-27(25)33)31(38)23-37(29-20-12-11-19-28(29)34)42(40,41)26-16-7-4-8-17-26/h3-20,30H,2,21-23H2,1H3,(H,35,39)/t30-/m1/s1. The third kappa shape index (κ3) is 7.35. The van der Waals surface area contributed by atoms with Crippen molar-refractivity contribution in [1.82, 2.24) is 10.2 Å². The lowest BCUT2D eigenvalue weighted by Gasteiger charge is -2.34. The van der Waals surface area contributed by atoms with Gasteiger partial charge in [0.15, 0.2) is 0 Å². The first kappa shape index (κ1) is 30.7. The van der Waals surface area contributed by atoms with Gasteiger partial charge in [-0.2, -0.15) is 0 Å². The Kier molecular flexibility index (Phi) is 10.3. The normalized spacial score (nSPS) is 11.9. The third-order valence-electron chi connectivity index (χ3n) is 6.65. The van der Waals surface area contributed by atoms with E-state index < -0.39 is 40.2 Å². The fourth-order valence-electron chi connectivity index (χ4n) is 4.54. The van der Waals surface area contributed by atoms with Crippen molar-refractivity contribution in [2.24, 2.45) is 0 Å². The lowest BCUT2D eigenvalue weighted by atomic mass is 10.0. The second kappa shape index (κ2) is 14.1. The summed E-state index contributed by atoms with van der Waals surface area (Å²) in [6.07, 6.45) is 0.161. The van der Waals surface area contributed by atoms with Crippen LogP contribution in [0, 0.1) is 5.82 Å². The Bertz CT molecular complexity index is 1620. The van der Waals surface area contributed by atoms with Gasteiger partial charge >= 0.3 is 0 Å². The number of carbonyl (C=O) groups excluding carboxylic acids is 2. The number of hydrogen-bond donors (Lipinski definition) is 1. The number of anilines is 1. The van der Waals surface area contributed by atoms with E-state index in [-0.39, 0.29) is 23.5 Å². The molecule has 4 rings (SSSR count). The summed E-state index contributed by atoms with van der Waals surface area (Å²) in [5.74, 6) is -1.93. The van der Waals surface area contributed by atoms with Gasteiger partial charge in [-0.25, -0.2) is 12.8 Å². The number of nitrogens with one attached hydrogen (secondary N) is 1. The Hall–Kier alpha value is -4.21. The van der Waals surface area contributed by atoms with Gasteiger partial charge in [0.1, 0.15) is 18.4 Å². The first-order valence-electron chi connectivity index (χ1n) is 13.4. The van der Waals surface area contributed by atoms with Crippen LogP contribution in [0.25, 0.3) is 0 Å². The van der Waals surface area contributed by atoms with Gasteiger partial charge in [-0.15, -0.1) is 0 Å². The molecule has 0 aliphatic rings. The molecule has 218 valence electrons. The van der Waals surface area contributed by atoms with Crippen LogP contribution >= 0.6 is 11.6 Å². The first-order chi connectivity index (χ1) is 20.2. The Morgan fingerprint density at radius 1 is 0.857 bits per heavy atom. The predicted octanol–water partition coefficient (Wildman–Crippen LogP) is 5.45. The molecule has 0 spiro atoms. The molecule has 0 unspecified atom stereocenters. The molecule has 10 heteroatoms. The highest BCUT2D eigenvalue weighted by molar-refractivity contribution is 7.92. The Morgan fingerprint density at radius 2 is 1.45 bits per heavy atom. The summed E-state index contributed by atoms with van der Waals surface area (Å²) in [7, 11) is -4.38. The number of halogens is 2. The van der Waals surface area contributed by atoms with Crippen molar-refractivity contribution in [2.75, 3.05) is 17.4 Å². The van der Waals surface area contributed by atoms with Crippen molar-refractivity contribution in [3.63, 3.8) is 0 Å². The van der Waals surface area contributed by atoms with Gasteiger partial charge in [-0.05, 0) is 48.4 Å². The SMILES string of the molecule is CCNC(=O)[C@@H](Cc1ccccc1)N(Cc1ccccc1Cl)C(=O)CN(c1ccccc1F)S(=O)(=O)c1ccccc1. The van der Waals surface area contributed by atoms with E-state index in [2.05, 4.69) is 5.32 Å². The average molecular weight is 608 g/mol. The zero-order chi connectivity index (χ0) is 30.1. The molecule has 0 heterocycles. The number of amides is 2. The van der Waals surface area contributed by atoms with Crippen LogP contribution in [0.3, 0.4) is 0 Å². The Balaban J connectivity index is 1.81. The number of nitrogens with zero attached hydrogens (tertiary/aromatic N) is 2. The molecule has 0 aliphatic heterocycles. The molecule has 7 nitrogen and oxygen atoms in total. The van der Waals surface area contributed by atoms with Crippen LogP contribution in [0.5, 0.6) is 0 Å². The molecule has 0 bridgehead atoms. The number of carbonyl (C=O) groups is 2. The number of likely N-dealkylation sites (N-methyl/N-ethyl adjacent to an activating group) is 1. The minimum absolute atomic E-state index is 0.0797. The van der Waals surface area contributed by atoms with Gasteiger partial charge < -0.3 is 10.2 Å². The zero-order valence-corrected chi connectivity index (χ0v) is 24.6. The summed E-state index contributed by atoms with van der Waals surface area (Å²) in [4.78, 5) is 28.9. The largest absolute Gasteiger partial charge is 0.355 e. The van der Waals surface area contributed by atoms with E-state index in [0.29, 0.717) is 17.1 Å². The molecule has 0 aliphatic carbocycles. The number of rotatable bonds is 12. The lowest BCUT2D eigenvalue weighted by Crippen LogP contribution is -2.53. The third-order valence-corrected chi connectivity index (χ3v) is 8.79. The number of para-hydroxylation sites is 1. The fraction of sp³-hybridized carbons (Fsp3) is 0.188. The molecule has 42 heavy (non-hydrogen) atoms. The van der Waals surface area contributed by atoms with Crippen LogP contribution in [-0.2, 0) is 32.6 Å². The van der Waals surface area contributed by atoms with Gasteiger partial charge in [0.2, 0.25) is 11.8 Å². The summed E-state index contributed by atoms with van der Waals surface area (Å²) in [5.41, 5.74) is 1.08. The maximum absolute atomic E-state index is 15.1. The molecular weight excluding hydrogens is 577 g/mol. The fourth-order valence-corrected chi connectivity index (χ4v) is 6.18. The summed E-state index contributed by atoms with van der Waals surface area (Å²) in [6.45, 7) is 1.25. The zero-order valence-electron chi connectivity index (χ0n) is 23.0. The van der Waals surface area contributed by atoms with E-state index in [0.717, 1.165) is 15.9 Å². The van der Waals surface area contributed by atoms with E-state index >= 15 is 4.39 Å². The molecule has 2 amide bonds. The van der Waals surface area contributed by atoms with Crippen LogP contribution in [-0.4, -0.2) is 44.3 Å². The van der Waals surface area contributed by atoms with Crippen LogP contribution in [0.4, 0.5) is 10.1 Å². The molecule has 0 saturated carbocycles. The second-order valence-electron chi connectivity index (χ2n) is 9.49. The van der Waals surface area contributed by atoms with Crippen molar-refractivity contribution < 1.29 is 22.4 Å². The minimum Gasteiger partial charge on any atom is -0.355 e. The number of benzene rings is 4. The molecule has 1 N–H and O–H groups in total. The molecular formula is C32H31ClFN3O4S. The maximum atomic E-state index is 15.1. The van der Waals surface area contributed by atoms with Crippen molar-refractivity contribution in [2.45, 2.75) is 30.8 Å². The molecule has 0 aromatic heterocycles.